The van der Waals surface area contributed by atoms with Crippen molar-refractivity contribution in [3.8, 4) is 0 Å². The van der Waals surface area contributed by atoms with Crippen molar-refractivity contribution in [2.75, 3.05) is 25.0 Å². The molecule has 0 saturated carbocycles. The number of hydrogen-bond acceptors (Lipinski definition) is 1. The predicted octanol–water partition coefficient (Wildman–Crippen LogP) is 2.11. The van der Waals surface area contributed by atoms with E-state index in [0.717, 1.165) is 18.3 Å². The van der Waals surface area contributed by atoms with E-state index in [1.807, 2.05) is 4.90 Å². The highest BCUT2D eigenvalue weighted by Crippen LogP contribution is 2.26. The van der Waals surface area contributed by atoms with Gasteiger partial charge in [-0.1, -0.05) is 15.9 Å². The normalized spacial score (nSPS) is 24.3. The molecular formula is C7H12BrF2N. The maximum absolute atomic E-state index is 12.6. The Balaban J connectivity index is 2.20. The summed E-state index contributed by atoms with van der Waals surface area (Å²) < 4.78 is 25.1. The van der Waals surface area contributed by atoms with Gasteiger partial charge in [-0.05, 0) is 13.0 Å². The van der Waals surface area contributed by atoms with E-state index in [9.17, 15) is 8.78 Å². The van der Waals surface area contributed by atoms with E-state index in [2.05, 4.69) is 15.9 Å². The van der Waals surface area contributed by atoms with Crippen LogP contribution in [-0.4, -0.2) is 35.8 Å². The van der Waals surface area contributed by atoms with Crippen LogP contribution in [0.15, 0.2) is 0 Å². The summed E-state index contributed by atoms with van der Waals surface area (Å²) in [4.78, 5) is 1.82. The Hall–Kier alpha value is 0.300. The van der Waals surface area contributed by atoms with Crippen molar-refractivity contribution in [1.29, 1.82) is 0 Å². The van der Waals surface area contributed by atoms with Gasteiger partial charge in [0.15, 0.2) is 0 Å². The summed E-state index contributed by atoms with van der Waals surface area (Å²) in [6.45, 7) is 1.31. The Morgan fingerprint density at radius 2 is 2.18 bits per heavy atom. The molecule has 1 aliphatic rings. The molecule has 66 valence electrons. The van der Waals surface area contributed by atoms with Gasteiger partial charge in [-0.25, -0.2) is 8.78 Å². The topological polar surface area (TPSA) is 3.24 Å². The minimum atomic E-state index is -2.42. The molecule has 0 N–H and O–H groups in total. The summed E-state index contributed by atoms with van der Waals surface area (Å²) in [7, 11) is 0. The van der Waals surface area contributed by atoms with Gasteiger partial charge in [-0.15, -0.1) is 0 Å². The summed E-state index contributed by atoms with van der Waals surface area (Å²) in [6, 6.07) is 0. The molecule has 0 radical (unpaired) electrons. The molecule has 0 spiro atoms. The Morgan fingerprint density at radius 3 is 2.64 bits per heavy atom. The quantitative estimate of drug-likeness (QED) is 0.668. The Kier molecular flexibility index (Phi) is 3.25. The third kappa shape index (κ3) is 3.03. The van der Waals surface area contributed by atoms with Crippen LogP contribution in [0.1, 0.15) is 12.8 Å². The van der Waals surface area contributed by atoms with Gasteiger partial charge in [0, 0.05) is 18.3 Å². The highest BCUT2D eigenvalue weighted by molar-refractivity contribution is 9.09. The molecule has 1 heterocycles. The SMILES string of the molecule is FC1(F)CCN(CCCBr)C1. The lowest BCUT2D eigenvalue weighted by Gasteiger charge is -2.13. The number of rotatable bonds is 3. The average molecular weight is 228 g/mol. The second-order valence-electron chi connectivity index (χ2n) is 2.92. The van der Waals surface area contributed by atoms with Crippen LogP contribution in [0.4, 0.5) is 8.78 Å². The molecule has 0 atom stereocenters. The number of nitrogens with zero attached hydrogens (tertiary/aromatic N) is 1. The molecule has 0 aromatic heterocycles. The molecule has 1 nitrogen and oxygen atoms in total. The number of hydrogen-bond donors (Lipinski definition) is 0. The maximum Gasteiger partial charge on any atom is 0.261 e. The summed E-state index contributed by atoms with van der Waals surface area (Å²) in [5, 5.41) is 0.898. The van der Waals surface area contributed by atoms with E-state index in [1.165, 1.54) is 0 Å². The molecule has 0 aromatic carbocycles. The van der Waals surface area contributed by atoms with Crippen molar-refractivity contribution < 1.29 is 8.78 Å². The van der Waals surface area contributed by atoms with E-state index < -0.39 is 5.92 Å². The molecule has 1 rings (SSSR count). The number of likely N-dealkylation sites (tertiary alicyclic amines) is 1. The highest BCUT2D eigenvalue weighted by atomic mass is 79.9. The monoisotopic (exact) mass is 227 g/mol. The minimum absolute atomic E-state index is 0.0370. The summed E-state index contributed by atoms with van der Waals surface area (Å²) >= 11 is 3.27. The zero-order chi connectivity index (χ0) is 8.32. The Labute approximate surface area is 73.9 Å². The van der Waals surface area contributed by atoms with Crippen LogP contribution in [-0.2, 0) is 0 Å². The Morgan fingerprint density at radius 1 is 1.45 bits per heavy atom. The highest BCUT2D eigenvalue weighted by Gasteiger charge is 2.37. The van der Waals surface area contributed by atoms with Crippen molar-refractivity contribution in [3.05, 3.63) is 0 Å². The van der Waals surface area contributed by atoms with Gasteiger partial charge in [0.1, 0.15) is 0 Å². The fraction of sp³-hybridized carbons (Fsp3) is 1.00. The molecule has 4 heteroatoms. The van der Waals surface area contributed by atoms with Gasteiger partial charge in [-0.3, -0.25) is 4.90 Å². The summed E-state index contributed by atoms with van der Waals surface area (Å²) in [6.07, 6.45) is 0.991. The van der Waals surface area contributed by atoms with E-state index >= 15 is 0 Å². The lowest BCUT2D eigenvalue weighted by Crippen LogP contribution is -2.26. The molecule has 1 saturated heterocycles. The first-order valence-corrected chi connectivity index (χ1v) is 4.92. The number of alkyl halides is 3. The van der Waals surface area contributed by atoms with Gasteiger partial charge in [-0.2, -0.15) is 0 Å². The molecule has 11 heavy (non-hydrogen) atoms. The van der Waals surface area contributed by atoms with Crippen LogP contribution in [0.25, 0.3) is 0 Å². The summed E-state index contributed by atoms with van der Waals surface area (Å²) in [5.74, 6) is -2.42. The fourth-order valence-corrected chi connectivity index (χ4v) is 1.53. The van der Waals surface area contributed by atoms with Crippen molar-refractivity contribution in [2.24, 2.45) is 0 Å². The van der Waals surface area contributed by atoms with Crippen LogP contribution < -0.4 is 0 Å². The van der Waals surface area contributed by atoms with Crippen LogP contribution in [0, 0.1) is 0 Å². The Bertz CT molecular complexity index is 130. The minimum Gasteiger partial charge on any atom is -0.297 e. The molecule has 0 aliphatic carbocycles. The van der Waals surface area contributed by atoms with E-state index in [1.54, 1.807) is 0 Å². The first-order chi connectivity index (χ1) is 5.14. The third-order valence-electron chi connectivity index (χ3n) is 1.86. The second kappa shape index (κ2) is 3.81. The molecular weight excluding hydrogens is 216 g/mol. The maximum atomic E-state index is 12.6. The van der Waals surface area contributed by atoms with Gasteiger partial charge in [0.05, 0.1) is 6.54 Å². The smallest absolute Gasteiger partial charge is 0.261 e. The average Bonchev–Trinajstić information content (AvgIpc) is 2.26. The first-order valence-electron chi connectivity index (χ1n) is 3.80. The van der Waals surface area contributed by atoms with E-state index in [4.69, 9.17) is 0 Å². The molecule has 0 aromatic rings. The molecule has 0 unspecified atom stereocenters. The zero-order valence-corrected chi connectivity index (χ0v) is 7.91. The van der Waals surface area contributed by atoms with Crippen LogP contribution >= 0.6 is 15.9 Å². The molecule has 0 bridgehead atoms. The van der Waals surface area contributed by atoms with E-state index in [0.29, 0.717) is 6.54 Å². The van der Waals surface area contributed by atoms with Crippen LogP contribution in [0.3, 0.4) is 0 Å². The van der Waals surface area contributed by atoms with Crippen LogP contribution in [0.5, 0.6) is 0 Å². The second-order valence-corrected chi connectivity index (χ2v) is 3.72. The predicted molar refractivity (Wildman–Crippen MR) is 44.4 cm³/mol. The lowest BCUT2D eigenvalue weighted by atomic mass is 10.3. The van der Waals surface area contributed by atoms with Gasteiger partial charge in [0.2, 0.25) is 0 Å². The van der Waals surface area contributed by atoms with Crippen molar-refractivity contribution >= 4 is 15.9 Å². The third-order valence-corrected chi connectivity index (χ3v) is 2.42. The van der Waals surface area contributed by atoms with Gasteiger partial charge >= 0.3 is 0 Å². The number of halogens is 3. The van der Waals surface area contributed by atoms with Crippen molar-refractivity contribution in [1.82, 2.24) is 4.90 Å². The standard InChI is InChI=1S/C7H12BrF2N/c8-3-1-4-11-5-2-7(9,10)6-11/h1-6H2. The fourth-order valence-electron chi connectivity index (χ4n) is 1.28. The lowest BCUT2D eigenvalue weighted by molar-refractivity contribution is 0.0123. The molecule has 1 aliphatic heterocycles. The molecule has 0 amide bonds. The zero-order valence-electron chi connectivity index (χ0n) is 6.32. The van der Waals surface area contributed by atoms with Crippen LogP contribution in [0.2, 0.25) is 0 Å². The van der Waals surface area contributed by atoms with Crippen molar-refractivity contribution in [2.45, 2.75) is 18.8 Å². The van der Waals surface area contributed by atoms with Gasteiger partial charge < -0.3 is 0 Å². The molecule has 1 fully saturated rings. The van der Waals surface area contributed by atoms with Gasteiger partial charge in [0.25, 0.3) is 5.92 Å². The summed E-state index contributed by atoms with van der Waals surface area (Å²) in [5.41, 5.74) is 0. The van der Waals surface area contributed by atoms with E-state index in [-0.39, 0.29) is 13.0 Å². The largest absolute Gasteiger partial charge is 0.297 e. The first kappa shape index (κ1) is 9.39. The van der Waals surface area contributed by atoms with Crippen molar-refractivity contribution in [3.63, 3.8) is 0 Å².